The minimum atomic E-state index is -0.825. The lowest BCUT2D eigenvalue weighted by Gasteiger charge is -2.14. The minimum absolute atomic E-state index is 0.714. The second-order valence-electron chi connectivity index (χ2n) is 8.57. The minimum Gasteiger partial charge on any atom is -0.192 e. The van der Waals surface area contributed by atoms with Gasteiger partial charge in [-0.25, -0.2) is 0 Å². The zero-order valence-corrected chi connectivity index (χ0v) is 17.7. The highest BCUT2D eigenvalue weighted by atomic mass is 28.3. The maximum Gasteiger partial charge on any atom is 0.0991 e. The van der Waals surface area contributed by atoms with E-state index in [1.165, 1.54) is 67.7 Å². The van der Waals surface area contributed by atoms with Crippen molar-refractivity contribution in [2.75, 3.05) is 0 Å². The van der Waals surface area contributed by atoms with Crippen LogP contribution in [0.4, 0.5) is 0 Å². The molecular weight excluding hydrogens is 330 g/mol. The fourth-order valence-electron chi connectivity index (χ4n) is 3.29. The maximum atomic E-state index is 8.88. The molecule has 2 heteroatoms. The molecule has 0 atom stereocenters. The molecule has 0 heterocycles. The van der Waals surface area contributed by atoms with Gasteiger partial charge in [-0.1, -0.05) is 94.2 Å². The summed E-state index contributed by atoms with van der Waals surface area (Å²) in [5, 5.41) is 8.88. The molecule has 26 heavy (non-hydrogen) atoms. The highest BCUT2D eigenvalue weighted by Gasteiger charge is 2.11. The van der Waals surface area contributed by atoms with Crippen LogP contribution in [-0.2, 0) is 6.42 Å². The van der Waals surface area contributed by atoms with E-state index in [4.69, 9.17) is 5.26 Å². The second-order valence-corrected chi connectivity index (χ2v) is 14.2. The third-order valence-corrected chi connectivity index (χ3v) is 6.80. The van der Waals surface area contributed by atoms with E-state index in [1.54, 1.807) is 0 Å². The van der Waals surface area contributed by atoms with Crippen LogP contribution in [0.3, 0.4) is 0 Å². The van der Waals surface area contributed by atoms with Crippen LogP contribution in [0.25, 0.3) is 11.1 Å². The van der Waals surface area contributed by atoms with E-state index in [0.29, 0.717) is 5.56 Å². The molecule has 0 bridgehead atoms. The summed E-state index contributed by atoms with van der Waals surface area (Å²) < 4.78 is 0. The van der Waals surface area contributed by atoms with Gasteiger partial charge in [-0.2, -0.15) is 5.26 Å². The largest absolute Gasteiger partial charge is 0.192 e. The smallest absolute Gasteiger partial charge is 0.0991 e. The van der Waals surface area contributed by atoms with Crippen molar-refractivity contribution < 1.29 is 0 Å². The molecule has 0 fully saturated rings. The summed E-state index contributed by atoms with van der Waals surface area (Å²) in [6.45, 7) is 7.42. The number of hydrogen-bond acceptors (Lipinski definition) is 1. The molecule has 0 unspecified atom stereocenters. The predicted molar refractivity (Wildman–Crippen MR) is 116 cm³/mol. The van der Waals surface area contributed by atoms with Crippen LogP contribution >= 0.6 is 0 Å². The van der Waals surface area contributed by atoms with Crippen molar-refractivity contribution in [3.63, 3.8) is 0 Å². The predicted octanol–water partition coefficient (Wildman–Crippen LogP) is 7.45. The topological polar surface area (TPSA) is 23.8 Å². The molecule has 0 radical (unpaired) electrons. The average Bonchev–Trinajstić information content (AvgIpc) is 2.63. The molecule has 0 aliphatic heterocycles. The average molecular weight is 364 g/mol. The van der Waals surface area contributed by atoms with Crippen molar-refractivity contribution in [2.45, 2.75) is 70.6 Å². The molecule has 0 saturated heterocycles. The molecule has 0 spiro atoms. The van der Waals surface area contributed by atoms with Gasteiger partial charge in [0.15, 0.2) is 0 Å². The molecule has 0 amide bonds. The van der Waals surface area contributed by atoms with Gasteiger partial charge in [-0.3, -0.25) is 0 Å². The van der Waals surface area contributed by atoms with Crippen LogP contribution in [0.5, 0.6) is 0 Å². The zero-order valence-electron chi connectivity index (χ0n) is 16.7. The van der Waals surface area contributed by atoms with Gasteiger partial charge in [0, 0.05) is 8.07 Å². The number of hydrogen-bond donors (Lipinski definition) is 0. The van der Waals surface area contributed by atoms with Crippen molar-refractivity contribution in [1.82, 2.24) is 0 Å². The third-order valence-electron chi connectivity index (χ3n) is 4.94. The van der Waals surface area contributed by atoms with Crippen molar-refractivity contribution in [2.24, 2.45) is 0 Å². The van der Waals surface area contributed by atoms with E-state index in [-0.39, 0.29) is 0 Å². The highest BCUT2D eigenvalue weighted by molar-refractivity contribution is 6.76. The molecule has 0 aliphatic carbocycles. The molecule has 0 N–H and O–H groups in total. The molecule has 0 saturated carbocycles. The number of aryl methyl sites for hydroxylation is 1. The monoisotopic (exact) mass is 363 g/mol. The van der Waals surface area contributed by atoms with Crippen molar-refractivity contribution in [1.29, 1.82) is 5.26 Å². The first-order valence-corrected chi connectivity index (χ1v) is 13.8. The SMILES string of the molecule is C[Si](C)(C)CCCCCCCCc1ccc(-c2ccc(C#N)cc2)cc1. The molecule has 0 aliphatic rings. The lowest BCUT2D eigenvalue weighted by Crippen LogP contribution is -2.18. The van der Waals surface area contributed by atoms with Gasteiger partial charge >= 0.3 is 0 Å². The zero-order chi connectivity index (χ0) is 18.8. The van der Waals surface area contributed by atoms with Crippen LogP contribution < -0.4 is 0 Å². The summed E-state index contributed by atoms with van der Waals surface area (Å²) in [7, 11) is -0.825. The van der Waals surface area contributed by atoms with E-state index >= 15 is 0 Å². The van der Waals surface area contributed by atoms with E-state index < -0.39 is 8.07 Å². The van der Waals surface area contributed by atoms with Crippen LogP contribution in [0.2, 0.25) is 25.7 Å². The normalized spacial score (nSPS) is 11.3. The number of rotatable bonds is 10. The molecule has 2 rings (SSSR count). The van der Waals surface area contributed by atoms with E-state index in [0.717, 1.165) is 0 Å². The summed E-state index contributed by atoms with van der Waals surface area (Å²) >= 11 is 0. The van der Waals surface area contributed by atoms with Gasteiger partial charge < -0.3 is 0 Å². The summed E-state index contributed by atoms with van der Waals surface area (Å²) in [4.78, 5) is 0. The Morgan fingerprint density at radius 1 is 0.692 bits per heavy atom. The Kier molecular flexibility index (Phi) is 8.13. The summed E-state index contributed by atoms with van der Waals surface area (Å²) in [6, 6.07) is 20.4. The maximum absolute atomic E-state index is 8.88. The fraction of sp³-hybridized carbons (Fsp3) is 0.458. The standard InChI is InChI=1S/C24H33NSi/c1-26(2,3)19-9-7-5-4-6-8-10-21-11-15-23(16-12-21)24-17-13-22(20-25)14-18-24/h11-18H,4-10,19H2,1-3H3. The van der Waals surface area contributed by atoms with Crippen LogP contribution in [-0.4, -0.2) is 8.07 Å². The second kappa shape index (κ2) is 10.3. The third kappa shape index (κ3) is 7.58. The molecule has 2 aromatic rings. The summed E-state index contributed by atoms with van der Waals surface area (Å²) in [5.74, 6) is 0. The summed E-state index contributed by atoms with van der Waals surface area (Å²) in [5.41, 5.74) is 4.54. The number of nitriles is 1. The number of nitrogens with zero attached hydrogens (tertiary/aromatic N) is 1. The number of benzene rings is 2. The Hall–Kier alpha value is -1.85. The van der Waals surface area contributed by atoms with Gasteiger partial charge in [0.2, 0.25) is 0 Å². The first-order valence-electron chi connectivity index (χ1n) is 10.1. The summed E-state index contributed by atoms with van der Waals surface area (Å²) in [6.07, 6.45) is 9.48. The van der Waals surface area contributed by atoms with Crippen LogP contribution in [0.15, 0.2) is 48.5 Å². The van der Waals surface area contributed by atoms with Crippen LogP contribution in [0, 0.1) is 11.3 Å². The Balaban J connectivity index is 1.65. The Morgan fingerprint density at radius 3 is 1.73 bits per heavy atom. The van der Waals surface area contributed by atoms with Gasteiger partial charge in [0.1, 0.15) is 0 Å². The Labute approximate surface area is 161 Å². The van der Waals surface area contributed by atoms with Crippen molar-refractivity contribution in [3.8, 4) is 17.2 Å². The molecule has 2 aromatic carbocycles. The van der Waals surface area contributed by atoms with E-state index in [2.05, 4.69) is 50.0 Å². The lowest BCUT2D eigenvalue weighted by atomic mass is 10.00. The highest BCUT2D eigenvalue weighted by Crippen LogP contribution is 2.21. The van der Waals surface area contributed by atoms with Crippen molar-refractivity contribution in [3.05, 3.63) is 59.7 Å². The van der Waals surface area contributed by atoms with Crippen molar-refractivity contribution >= 4 is 8.07 Å². The lowest BCUT2D eigenvalue weighted by molar-refractivity contribution is 0.606. The fourth-order valence-corrected chi connectivity index (χ4v) is 4.60. The van der Waals surface area contributed by atoms with Gasteiger partial charge in [0.25, 0.3) is 0 Å². The quantitative estimate of drug-likeness (QED) is 0.318. The van der Waals surface area contributed by atoms with Crippen LogP contribution in [0.1, 0.15) is 49.7 Å². The van der Waals surface area contributed by atoms with Gasteiger partial charge in [0.05, 0.1) is 11.6 Å². The van der Waals surface area contributed by atoms with E-state index in [1.807, 2.05) is 24.3 Å². The molecule has 0 aromatic heterocycles. The molecule has 1 nitrogen and oxygen atoms in total. The van der Waals surface area contributed by atoms with Gasteiger partial charge in [-0.15, -0.1) is 0 Å². The molecular formula is C24H33NSi. The Bertz CT molecular complexity index is 687. The first kappa shape index (κ1) is 20.5. The van der Waals surface area contributed by atoms with E-state index in [9.17, 15) is 0 Å². The Morgan fingerprint density at radius 2 is 1.19 bits per heavy atom. The number of unbranched alkanes of at least 4 members (excludes halogenated alkanes) is 5. The van der Waals surface area contributed by atoms with Gasteiger partial charge in [-0.05, 0) is 41.7 Å². The first-order chi connectivity index (χ1) is 12.5. The molecule has 138 valence electrons.